The zero-order chi connectivity index (χ0) is 16.8. The van der Waals surface area contributed by atoms with Gasteiger partial charge in [0.05, 0.1) is 13.2 Å². The van der Waals surface area contributed by atoms with Crippen molar-refractivity contribution in [2.75, 3.05) is 32.9 Å². The van der Waals surface area contributed by atoms with Crippen molar-refractivity contribution in [3.05, 3.63) is 23.5 Å². The molecule has 23 heavy (non-hydrogen) atoms. The molecule has 2 atom stereocenters. The highest BCUT2D eigenvalue weighted by atomic mass is 19.1. The highest BCUT2D eigenvalue weighted by molar-refractivity contribution is 5.45. The summed E-state index contributed by atoms with van der Waals surface area (Å²) in [7, 11) is 0. The Morgan fingerprint density at radius 1 is 1.13 bits per heavy atom. The van der Waals surface area contributed by atoms with Crippen LogP contribution in [0.3, 0.4) is 0 Å². The first-order chi connectivity index (χ1) is 11.1. The number of hydrogen-bond donors (Lipinski definition) is 1. The normalized spacial score (nSPS) is 18.0. The first-order valence-corrected chi connectivity index (χ1v) is 8.56. The highest BCUT2D eigenvalue weighted by Crippen LogP contribution is 2.38. The second-order valence-electron chi connectivity index (χ2n) is 6.03. The predicted octanol–water partition coefficient (Wildman–Crippen LogP) is 3.39. The van der Waals surface area contributed by atoms with Crippen molar-refractivity contribution in [3.63, 3.8) is 0 Å². The van der Waals surface area contributed by atoms with Gasteiger partial charge in [-0.15, -0.1) is 0 Å². The van der Waals surface area contributed by atoms with Crippen molar-refractivity contribution in [1.82, 2.24) is 4.90 Å². The summed E-state index contributed by atoms with van der Waals surface area (Å²) in [4.78, 5) is 2.26. The molecule has 0 radical (unpaired) electrons. The molecule has 4 nitrogen and oxygen atoms in total. The molecule has 1 saturated heterocycles. The fourth-order valence-corrected chi connectivity index (χ4v) is 3.30. The van der Waals surface area contributed by atoms with E-state index in [4.69, 9.17) is 9.47 Å². The van der Waals surface area contributed by atoms with Gasteiger partial charge in [-0.25, -0.2) is 4.39 Å². The van der Waals surface area contributed by atoms with Crippen molar-refractivity contribution in [1.29, 1.82) is 0 Å². The fourth-order valence-electron chi connectivity index (χ4n) is 3.30. The van der Waals surface area contributed by atoms with Crippen molar-refractivity contribution >= 4 is 0 Å². The number of nitrogens with zero attached hydrogens (tertiary/aromatic N) is 1. The maximum Gasteiger partial charge on any atom is 0.164 e. The number of halogens is 1. The lowest BCUT2D eigenvalue weighted by Gasteiger charge is -2.32. The fraction of sp³-hybridized carbons (Fsp3) is 0.667. The highest BCUT2D eigenvalue weighted by Gasteiger charge is 2.31. The van der Waals surface area contributed by atoms with E-state index in [2.05, 4.69) is 4.90 Å². The second kappa shape index (κ2) is 8.50. The molecule has 1 aliphatic rings. The van der Waals surface area contributed by atoms with E-state index in [0.717, 1.165) is 25.9 Å². The van der Waals surface area contributed by atoms with Crippen molar-refractivity contribution in [2.24, 2.45) is 5.92 Å². The molecule has 1 N–H and O–H groups in total. The van der Waals surface area contributed by atoms with Crippen LogP contribution in [0.4, 0.5) is 4.39 Å². The number of benzene rings is 1. The first-order valence-electron chi connectivity index (χ1n) is 8.56. The number of aliphatic hydroxyl groups is 1. The average molecular weight is 325 g/mol. The van der Waals surface area contributed by atoms with Gasteiger partial charge in [0.25, 0.3) is 0 Å². The lowest BCUT2D eigenvalue weighted by Crippen LogP contribution is -2.32. The van der Waals surface area contributed by atoms with E-state index in [0.29, 0.717) is 30.3 Å². The van der Waals surface area contributed by atoms with Gasteiger partial charge in [-0.05, 0) is 51.8 Å². The van der Waals surface area contributed by atoms with Gasteiger partial charge in [-0.1, -0.05) is 6.92 Å². The van der Waals surface area contributed by atoms with Crippen LogP contribution in [-0.4, -0.2) is 42.9 Å². The number of rotatable bonds is 8. The Balaban J connectivity index is 2.42. The number of likely N-dealkylation sites (tertiary alicyclic amines) is 1. The first kappa shape index (κ1) is 18.0. The number of aliphatic hydroxyl groups excluding tert-OH is 1. The second-order valence-corrected chi connectivity index (χ2v) is 6.03. The molecule has 0 aromatic heterocycles. The predicted molar refractivity (Wildman–Crippen MR) is 88.5 cm³/mol. The number of ether oxygens (including phenoxy) is 2. The third kappa shape index (κ3) is 4.15. The zero-order valence-electron chi connectivity index (χ0n) is 14.3. The van der Waals surface area contributed by atoms with Gasteiger partial charge in [-0.3, -0.25) is 4.90 Å². The van der Waals surface area contributed by atoms with Crippen LogP contribution in [-0.2, 0) is 0 Å². The molecule has 130 valence electrons. The van der Waals surface area contributed by atoms with Gasteiger partial charge in [-0.2, -0.15) is 0 Å². The molecular formula is C18H28FNO3. The van der Waals surface area contributed by atoms with Crippen molar-refractivity contribution in [2.45, 2.75) is 39.7 Å². The summed E-state index contributed by atoms with van der Waals surface area (Å²) in [5.74, 6) is 0.664. The maximum absolute atomic E-state index is 14.8. The average Bonchev–Trinajstić information content (AvgIpc) is 3.05. The topological polar surface area (TPSA) is 41.9 Å². The van der Waals surface area contributed by atoms with Crippen LogP contribution in [0, 0.1) is 11.7 Å². The van der Waals surface area contributed by atoms with Crippen LogP contribution in [0.2, 0.25) is 0 Å². The summed E-state index contributed by atoms with van der Waals surface area (Å²) in [5.41, 5.74) is 0.584. The van der Waals surface area contributed by atoms with Crippen LogP contribution >= 0.6 is 0 Å². The van der Waals surface area contributed by atoms with E-state index in [-0.39, 0.29) is 24.4 Å². The Hall–Kier alpha value is -1.33. The van der Waals surface area contributed by atoms with Crippen LogP contribution < -0.4 is 9.47 Å². The smallest absolute Gasteiger partial charge is 0.164 e. The largest absolute Gasteiger partial charge is 0.490 e. The third-order valence-corrected chi connectivity index (χ3v) is 4.34. The molecule has 1 heterocycles. The molecule has 0 aliphatic carbocycles. The lowest BCUT2D eigenvalue weighted by molar-refractivity contribution is 0.123. The molecule has 1 aliphatic heterocycles. The molecule has 0 amide bonds. The molecule has 1 fully saturated rings. The Bertz CT molecular complexity index is 503. The van der Waals surface area contributed by atoms with E-state index < -0.39 is 0 Å². The van der Waals surface area contributed by atoms with Gasteiger partial charge in [0, 0.05) is 24.3 Å². The van der Waals surface area contributed by atoms with Crippen molar-refractivity contribution in [3.8, 4) is 11.5 Å². The quantitative estimate of drug-likeness (QED) is 0.795. The molecule has 5 heteroatoms. The summed E-state index contributed by atoms with van der Waals surface area (Å²) >= 11 is 0. The molecule has 2 rings (SSSR count). The minimum Gasteiger partial charge on any atom is -0.490 e. The maximum atomic E-state index is 14.8. The van der Waals surface area contributed by atoms with Gasteiger partial charge in [0.1, 0.15) is 5.82 Å². The molecule has 0 bridgehead atoms. The molecule has 0 saturated carbocycles. The zero-order valence-corrected chi connectivity index (χ0v) is 14.3. The molecule has 2 unspecified atom stereocenters. The Morgan fingerprint density at radius 2 is 1.70 bits per heavy atom. The molecular weight excluding hydrogens is 297 g/mol. The Morgan fingerprint density at radius 3 is 2.22 bits per heavy atom. The van der Waals surface area contributed by atoms with E-state index >= 15 is 0 Å². The monoisotopic (exact) mass is 325 g/mol. The Kier molecular flexibility index (Phi) is 6.66. The standard InChI is InChI=1S/C18H28FNO3/c1-4-22-16-10-14(15(19)11-17(16)23-5-2)18(13(3)12-21)20-8-6-7-9-20/h10-11,13,18,21H,4-9,12H2,1-3H3. The summed E-state index contributed by atoms with van der Waals surface area (Å²) < 4.78 is 25.9. The summed E-state index contributed by atoms with van der Waals surface area (Å²) in [6.45, 7) is 8.57. The number of hydrogen-bond acceptors (Lipinski definition) is 4. The summed E-state index contributed by atoms with van der Waals surface area (Å²) in [6.07, 6.45) is 2.23. The molecule has 1 aromatic rings. The van der Waals surface area contributed by atoms with Gasteiger partial charge < -0.3 is 14.6 Å². The van der Waals surface area contributed by atoms with Gasteiger partial charge in [0.2, 0.25) is 0 Å². The third-order valence-electron chi connectivity index (χ3n) is 4.34. The minimum absolute atomic E-state index is 0.0256. The SMILES string of the molecule is CCOc1cc(F)c(C(C(C)CO)N2CCCC2)cc1OCC. The van der Waals surface area contributed by atoms with E-state index in [1.807, 2.05) is 20.8 Å². The Labute approximate surface area is 138 Å². The van der Waals surface area contributed by atoms with Crippen LogP contribution in [0.1, 0.15) is 45.2 Å². The lowest BCUT2D eigenvalue weighted by atomic mass is 9.93. The van der Waals surface area contributed by atoms with Crippen molar-refractivity contribution < 1.29 is 19.0 Å². The molecule has 0 spiro atoms. The summed E-state index contributed by atoms with van der Waals surface area (Å²) in [6, 6.07) is 3.02. The van der Waals surface area contributed by atoms with E-state index in [1.165, 1.54) is 6.07 Å². The minimum atomic E-state index is -0.297. The van der Waals surface area contributed by atoms with Gasteiger partial charge in [0.15, 0.2) is 11.5 Å². The summed E-state index contributed by atoms with van der Waals surface area (Å²) in [5, 5.41) is 9.62. The van der Waals surface area contributed by atoms with Crippen LogP contribution in [0.15, 0.2) is 12.1 Å². The molecule has 1 aromatic carbocycles. The van der Waals surface area contributed by atoms with Gasteiger partial charge >= 0.3 is 0 Å². The van der Waals surface area contributed by atoms with Crippen LogP contribution in [0.25, 0.3) is 0 Å². The van der Waals surface area contributed by atoms with E-state index in [1.54, 1.807) is 6.07 Å². The van der Waals surface area contributed by atoms with E-state index in [9.17, 15) is 9.50 Å². The van der Waals surface area contributed by atoms with Crippen LogP contribution in [0.5, 0.6) is 11.5 Å².